The van der Waals surface area contributed by atoms with E-state index in [1.54, 1.807) is 7.11 Å². The second kappa shape index (κ2) is 3.49. The van der Waals surface area contributed by atoms with Crippen molar-refractivity contribution in [2.24, 2.45) is 0 Å². The van der Waals surface area contributed by atoms with Crippen LogP contribution in [0.4, 0.5) is 0 Å². The van der Waals surface area contributed by atoms with Crippen molar-refractivity contribution < 1.29 is 14.3 Å². The molecule has 2 aliphatic heterocycles. The normalized spacial score (nSPS) is 30.8. The highest BCUT2D eigenvalue weighted by Crippen LogP contribution is 2.36. The van der Waals surface area contributed by atoms with Crippen molar-refractivity contribution in [3.05, 3.63) is 29.8 Å². The van der Waals surface area contributed by atoms with Gasteiger partial charge in [0.15, 0.2) is 0 Å². The number of hydrogen-bond acceptors (Lipinski definition) is 4. The Morgan fingerprint density at radius 3 is 2.75 bits per heavy atom. The lowest BCUT2D eigenvalue weighted by Gasteiger charge is -2.08. The van der Waals surface area contributed by atoms with Crippen LogP contribution in [-0.4, -0.2) is 36.7 Å². The Hall–Kier alpha value is -1.55. The predicted molar refractivity (Wildman–Crippen MR) is 57.1 cm³/mol. The minimum atomic E-state index is -0.0708. The molecule has 1 aromatic rings. The van der Waals surface area contributed by atoms with Crippen molar-refractivity contribution in [2.75, 3.05) is 13.7 Å². The third-order valence-electron chi connectivity index (χ3n) is 3.22. The van der Waals surface area contributed by atoms with Crippen LogP contribution in [0.25, 0.3) is 0 Å². The molecule has 2 fully saturated rings. The zero-order valence-electron chi connectivity index (χ0n) is 9.05. The van der Waals surface area contributed by atoms with Crippen LogP contribution >= 0.6 is 0 Å². The molecule has 0 amide bonds. The Morgan fingerprint density at radius 2 is 2.19 bits per heavy atom. The second-order valence-corrected chi connectivity index (χ2v) is 4.16. The molecule has 2 saturated heterocycles. The molecular weight excluding hydrogens is 206 g/mol. The van der Waals surface area contributed by atoms with E-state index >= 15 is 0 Å². The lowest BCUT2D eigenvalue weighted by atomic mass is 10.2. The molecule has 0 spiro atoms. The number of morpholine rings is 1. The number of ether oxygens (including phenoxy) is 2. The standard InChI is InChI=1S/C12H13NO3/c1-15-9-4-2-8(3-5-9)6-13-10-7-16-12(14)11(10)13/h2-5,10-11H,6-7H2,1H3/t10-,11-,13?/m0/s1. The van der Waals surface area contributed by atoms with E-state index < -0.39 is 0 Å². The van der Waals surface area contributed by atoms with Crippen LogP contribution in [0.1, 0.15) is 5.56 Å². The maximum Gasteiger partial charge on any atom is 0.325 e. The first-order valence-electron chi connectivity index (χ1n) is 5.35. The second-order valence-electron chi connectivity index (χ2n) is 4.16. The SMILES string of the molecule is COc1ccc(CN2[C@@H]3C(=O)OC[C@@H]32)cc1. The molecule has 4 nitrogen and oxygen atoms in total. The van der Waals surface area contributed by atoms with E-state index in [2.05, 4.69) is 4.90 Å². The molecule has 0 aliphatic carbocycles. The summed E-state index contributed by atoms with van der Waals surface area (Å²) in [4.78, 5) is 13.4. The molecule has 0 radical (unpaired) electrons. The van der Waals surface area contributed by atoms with Gasteiger partial charge in [0.1, 0.15) is 18.4 Å². The highest BCUT2D eigenvalue weighted by atomic mass is 16.5. The molecule has 4 heteroatoms. The van der Waals surface area contributed by atoms with Crippen LogP contribution in [0, 0.1) is 0 Å². The number of cyclic esters (lactones) is 1. The third-order valence-corrected chi connectivity index (χ3v) is 3.22. The van der Waals surface area contributed by atoms with Gasteiger partial charge in [-0.3, -0.25) is 9.69 Å². The summed E-state index contributed by atoms with van der Waals surface area (Å²) in [6, 6.07) is 8.26. The molecule has 0 aromatic heterocycles. The predicted octanol–water partition coefficient (Wildman–Crippen LogP) is 0.805. The van der Waals surface area contributed by atoms with Gasteiger partial charge in [0.05, 0.1) is 13.2 Å². The Labute approximate surface area is 93.8 Å². The van der Waals surface area contributed by atoms with Crippen LogP contribution < -0.4 is 4.74 Å². The Bertz CT molecular complexity index is 415. The molecule has 84 valence electrons. The first-order chi connectivity index (χ1) is 7.79. The zero-order valence-corrected chi connectivity index (χ0v) is 9.05. The van der Waals surface area contributed by atoms with E-state index in [9.17, 15) is 4.79 Å². The van der Waals surface area contributed by atoms with E-state index in [0.717, 1.165) is 12.3 Å². The maximum atomic E-state index is 11.2. The Morgan fingerprint density at radius 1 is 1.44 bits per heavy atom. The van der Waals surface area contributed by atoms with E-state index in [0.29, 0.717) is 12.6 Å². The molecule has 1 aromatic carbocycles. The highest BCUT2D eigenvalue weighted by Gasteiger charge is 2.58. The number of benzene rings is 1. The highest BCUT2D eigenvalue weighted by molar-refractivity contribution is 5.82. The monoisotopic (exact) mass is 219 g/mol. The largest absolute Gasteiger partial charge is 0.497 e. The van der Waals surface area contributed by atoms with Crippen molar-refractivity contribution in [2.45, 2.75) is 18.6 Å². The fourth-order valence-electron chi connectivity index (χ4n) is 2.22. The lowest BCUT2D eigenvalue weighted by molar-refractivity contribution is -0.141. The summed E-state index contributed by atoms with van der Waals surface area (Å²) in [6.07, 6.45) is 0. The molecule has 2 aliphatic rings. The quantitative estimate of drug-likeness (QED) is 0.557. The van der Waals surface area contributed by atoms with Crippen molar-refractivity contribution in [3.8, 4) is 5.75 Å². The van der Waals surface area contributed by atoms with Crippen molar-refractivity contribution >= 4 is 5.97 Å². The number of carbonyl (C=O) groups excluding carboxylic acids is 1. The van der Waals surface area contributed by atoms with Gasteiger partial charge in [0.2, 0.25) is 0 Å². The molecule has 16 heavy (non-hydrogen) atoms. The van der Waals surface area contributed by atoms with E-state index in [1.807, 2.05) is 24.3 Å². The number of fused-ring (bicyclic) bond motifs is 1. The average Bonchev–Trinajstić information content (AvgIpc) is 2.85. The molecule has 3 rings (SSSR count). The zero-order chi connectivity index (χ0) is 11.1. The van der Waals surface area contributed by atoms with Gasteiger partial charge in [0.25, 0.3) is 0 Å². The summed E-state index contributed by atoms with van der Waals surface area (Å²) in [5.74, 6) is 0.785. The maximum absolute atomic E-state index is 11.2. The van der Waals surface area contributed by atoms with E-state index in [1.165, 1.54) is 5.56 Å². The first-order valence-corrected chi connectivity index (χ1v) is 5.35. The van der Waals surface area contributed by atoms with Crippen LogP contribution in [0.2, 0.25) is 0 Å². The van der Waals surface area contributed by atoms with Crippen molar-refractivity contribution in [1.82, 2.24) is 4.90 Å². The van der Waals surface area contributed by atoms with Gasteiger partial charge in [-0.1, -0.05) is 12.1 Å². The van der Waals surface area contributed by atoms with Gasteiger partial charge in [-0.25, -0.2) is 0 Å². The van der Waals surface area contributed by atoms with Crippen LogP contribution in [-0.2, 0) is 16.1 Å². The van der Waals surface area contributed by atoms with Gasteiger partial charge in [0, 0.05) is 6.54 Å². The number of rotatable bonds is 3. The molecule has 0 bridgehead atoms. The molecule has 0 saturated carbocycles. The van der Waals surface area contributed by atoms with Gasteiger partial charge >= 0.3 is 5.97 Å². The van der Waals surface area contributed by atoms with E-state index in [4.69, 9.17) is 9.47 Å². The Kier molecular flexibility index (Phi) is 2.11. The number of carbonyl (C=O) groups is 1. The fourth-order valence-corrected chi connectivity index (χ4v) is 2.22. The van der Waals surface area contributed by atoms with Crippen LogP contribution in [0.15, 0.2) is 24.3 Å². The molecule has 3 atom stereocenters. The minimum Gasteiger partial charge on any atom is -0.497 e. The summed E-state index contributed by atoms with van der Waals surface area (Å²) in [7, 11) is 1.65. The lowest BCUT2D eigenvalue weighted by Crippen LogP contribution is -2.16. The first kappa shape index (κ1) is 9.66. The molecule has 2 heterocycles. The number of nitrogens with zero attached hydrogens (tertiary/aromatic N) is 1. The number of hydrogen-bond donors (Lipinski definition) is 0. The smallest absolute Gasteiger partial charge is 0.325 e. The topological polar surface area (TPSA) is 38.5 Å². The summed E-state index contributed by atoms with van der Waals surface area (Å²) in [5, 5.41) is 0. The summed E-state index contributed by atoms with van der Waals surface area (Å²) < 4.78 is 10.0. The van der Waals surface area contributed by atoms with Gasteiger partial charge in [-0.05, 0) is 17.7 Å². The average molecular weight is 219 g/mol. The van der Waals surface area contributed by atoms with Gasteiger partial charge < -0.3 is 9.47 Å². The van der Waals surface area contributed by atoms with Crippen LogP contribution in [0.5, 0.6) is 5.75 Å². The van der Waals surface area contributed by atoms with E-state index in [-0.39, 0.29) is 12.0 Å². The molecular formula is C12H13NO3. The third kappa shape index (κ3) is 1.46. The molecule has 1 unspecified atom stereocenters. The molecule has 0 N–H and O–H groups in total. The number of methoxy groups -OCH3 is 1. The summed E-state index contributed by atoms with van der Waals surface area (Å²) in [6.45, 7) is 1.37. The van der Waals surface area contributed by atoms with Gasteiger partial charge in [-0.15, -0.1) is 0 Å². The fraction of sp³-hybridized carbons (Fsp3) is 0.417. The number of esters is 1. The van der Waals surface area contributed by atoms with Crippen molar-refractivity contribution in [1.29, 1.82) is 0 Å². The van der Waals surface area contributed by atoms with Gasteiger partial charge in [-0.2, -0.15) is 0 Å². The summed E-state index contributed by atoms with van der Waals surface area (Å²) in [5.41, 5.74) is 1.20. The minimum absolute atomic E-state index is 0.0158. The van der Waals surface area contributed by atoms with Crippen LogP contribution in [0.3, 0.4) is 0 Å². The van der Waals surface area contributed by atoms with Crippen molar-refractivity contribution in [3.63, 3.8) is 0 Å². The Balaban J connectivity index is 1.65. The summed E-state index contributed by atoms with van der Waals surface area (Å²) >= 11 is 0.